The summed E-state index contributed by atoms with van der Waals surface area (Å²) in [6, 6.07) is 0. The van der Waals surface area contributed by atoms with Gasteiger partial charge in [0.2, 0.25) is 0 Å². The predicted molar refractivity (Wildman–Crippen MR) is 57.4 cm³/mol. The second-order valence-corrected chi connectivity index (χ2v) is 5.40. The van der Waals surface area contributed by atoms with Crippen LogP contribution in [0.4, 0.5) is 0 Å². The normalized spacial score (nSPS) is 15.9. The molecule has 0 atom stereocenters. The average molecular weight is 200 g/mol. The lowest BCUT2D eigenvalue weighted by Crippen LogP contribution is -2.37. The summed E-state index contributed by atoms with van der Waals surface area (Å²) in [5.74, 6) is 0. The van der Waals surface area contributed by atoms with Gasteiger partial charge >= 0.3 is 0 Å². The zero-order valence-corrected chi connectivity index (χ0v) is 9.79. The molecule has 0 aliphatic rings. The smallest absolute Gasteiger partial charge is 0.110 e. The van der Waals surface area contributed by atoms with Crippen LogP contribution in [-0.4, -0.2) is 21.8 Å². The van der Waals surface area contributed by atoms with Crippen LogP contribution in [0.25, 0.3) is 0 Å². The zero-order chi connectivity index (χ0) is 11.6. The Morgan fingerprint density at radius 2 is 0.929 bits per heavy atom. The molecule has 0 rings (SSSR count). The molecular weight excluding hydrogens is 180 g/mol. The third-order valence-electron chi connectivity index (χ3n) is 1.85. The first kappa shape index (κ1) is 12.9. The molecule has 0 fully saturated rings. The first-order chi connectivity index (χ1) is 6.14. The second-order valence-electron chi connectivity index (χ2n) is 5.40. The molecule has 0 saturated carbocycles. The van der Waals surface area contributed by atoms with Crippen LogP contribution >= 0.6 is 0 Å². The van der Waals surface area contributed by atoms with Crippen molar-refractivity contribution >= 4 is 11.4 Å². The Hall–Kier alpha value is -1.06. The van der Waals surface area contributed by atoms with Gasteiger partial charge in [-0.2, -0.15) is 0 Å². The van der Waals surface area contributed by atoms with E-state index in [-0.39, 0.29) is 10.8 Å². The van der Waals surface area contributed by atoms with Crippen molar-refractivity contribution in [3.8, 4) is 0 Å². The van der Waals surface area contributed by atoms with Gasteiger partial charge in [0.1, 0.15) is 11.4 Å². The van der Waals surface area contributed by atoms with Crippen LogP contribution in [0, 0.1) is 10.8 Å². The molecule has 0 radical (unpaired) electrons. The minimum absolute atomic E-state index is 0.344. The van der Waals surface area contributed by atoms with Crippen LogP contribution in [0.2, 0.25) is 0 Å². The third-order valence-corrected chi connectivity index (χ3v) is 1.85. The molecule has 0 saturated heterocycles. The van der Waals surface area contributed by atoms with E-state index in [0.29, 0.717) is 11.4 Å². The van der Waals surface area contributed by atoms with Crippen LogP contribution in [0.1, 0.15) is 41.5 Å². The van der Waals surface area contributed by atoms with E-state index in [0.717, 1.165) is 0 Å². The standard InChI is InChI=1S/C10H20N2O2/c1-9(2,3)7(11-13)8(12-14)10(4,5)6/h13-14H,1-6H3/b11-7+,12-8+. The van der Waals surface area contributed by atoms with E-state index < -0.39 is 0 Å². The molecule has 0 spiro atoms. The number of nitrogens with zero attached hydrogens (tertiary/aromatic N) is 2. The Morgan fingerprint density at radius 1 is 0.714 bits per heavy atom. The quantitative estimate of drug-likeness (QED) is 0.388. The molecule has 82 valence electrons. The third kappa shape index (κ3) is 3.01. The van der Waals surface area contributed by atoms with Crippen molar-refractivity contribution in [1.29, 1.82) is 0 Å². The van der Waals surface area contributed by atoms with Gasteiger partial charge in [0, 0.05) is 10.8 Å². The topological polar surface area (TPSA) is 65.2 Å². The summed E-state index contributed by atoms with van der Waals surface area (Å²) in [4.78, 5) is 0. The fourth-order valence-electron chi connectivity index (χ4n) is 1.11. The average Bonchev–Trinajstić information content (AvgIpc) is 1.94. The molecule has 14 heavy (non-hydrogen) atoms. The van der Waals surface area contributed by atoms with Crippen molar-refractivity contribution in [1.82, 2.24) is 0 Å². The molecule has 2 N–H and O–H groups in total. The van der Waals surface area contributed by atoms with Gasteiger partial charge in [-0.15, -0.1) is 0 Å². The van der Waals surface area contributed by atoms with Gasteiger partial charge in [-0.25, -0.2) is 0 Å². The number of oxime groups is 2. The highest BCUT2D eigenvalue weighted by Crippen LogP contribution is 2.25. The highest BCUT2D eigenvalue weighted by molar-refractivity contribution is 6.45. The Kier molecular flexibility index (Phi) is 3.68. The molecule has 0 bridgehead atoms. The monoisotopic (exact) mass is 200 g/mol. The summed E-state index contributed by atoms with van der Waals surface area (Å²) in [6.45, 7) is 11.4. The molecule has 4 heteroatoms. The fourth-order valence-corrected chi connectivity index (χ4v) is 1.11. The van der Waals surface area contributed by atoms with Crippen molar-refractivity contribution < 1.29 is 10.4 Å². The van der Waals surface area contributed by atoms with E-state index in [4.69, 9.17) is 10.4 Å². The number of hydrogen-bond acceptors (Lipinski definition) is 4. The summed E-state index contributed by atoms with van der Waals surface area (Å²) < 4.78 is 0. The minimum Gasteiger partial charge on any atom is -0.411 e. The Balaban J connectivity index is 5.27. The van der Waals surface area contributed by atoms with E-state index in [1.165, 1.54) is 0 Å². The predicted octanol–water partition coefficient (Wildman–Crippen LogP) is 2.74. The molecule has 0 heterocycles. The molecule has 0 aliphatic heterocycles. The summed E-state index contributed by atoms with van der Waals surface area (Å²) in [7, 11) is 0. The maximum Gasteiger partial charge on any atom is 0.110 e. The van der Waals surface area contributed by atoms with Crippen LogP contribution in [0.5, 0.6) is 0 Å². The van der Waals surface area contributed by atoms with Crippen molar-refractivity contribution in [3.63, 3.8) is 0 Å². The van der Waals surface area contributed by atoms with Gasteiger partial charge in [0.05, 0.1) is 0 Å². The van der Waals surface area contributed by atoms with Gasteiger partial charge < -0.3 is 10.4 Å². The number of rotatable bonds is 1. The van der Waals surface area contributed by atoms with Crippen LogP contribution in [-0.2, 0) is 0 Å². The SMILES string of the molecule is CC(C)(C)C(=N/O)/C(=N\O)C(C)(C)C. The molecule has 0 aliphatic carbocycles. The van der Waals surface area contributed by atoms with E-state index in [2.05, 4.69) is 10.3 Å². The summed E-state index contributed by atoms with van der Waals surface area (Å²) in [6.07, 6.45) is 0. The molecular formula is C10H20N2O2. The van der Waals surface area contributed by atoms with Gasteiger partial charge in [0.25, 0.3) is 0 Å². The van der Waals surface area contributed by atoms with Crippen LogP contribution in [0.15, 0.2) is 10.3 Å². The molecule has 0 aromatic heterocycles. The minimum atomic E-state index is -0.344. The second kappa shape index (κ2) is 3.98. The Labute approximate surface area is 85.3 Å². The molecule has 0 amide bonds. The van der Waals surface area contributed by atoms with E-state index in [1.54, 1.807) is 0 Å². The molecule has 0 aromatic carbocycles. The summed E-state index contributed by atoms with van der Waals surface area (Å²) in [5.41, 5.74) is 0.132. The first-order valence-electron chi connectivity index (χ1n) is 4.60. The summed E-state index contributed by atoms with van der Waals surface area (Å²) >= 11 is 0. The van der Waals surface area contributed by atoms with E-state index in [1.807, 2.05) is 41.5 Å². The lowest BCUT2D eigenvalue weighted by Gasteiger charge is -2.27. The van der Waals surface area contributed by atoms with Gasteiger partial charge in [-0.05, 0) is 0 Å². The van der Waals surface area contributed by atoms with Crippen molar-refractivity contribution in [2.75, 3.05) is 0 Å². The lowest BCUT2D eigenvalue weighted by atomic mass is 9.77. The number of hydrogen-bond donors (Lipinski definition) is 2. The van der Waals surface area contributed by atoms with Crippen LogP contribution < -0.4 is 0 Å². The van der Waals surface area contributed by atoms with Crippen LogP contribution in [0.3, 0.4) is 0 Å². The fraction of sp³-hybridized carbons (Fsp3) is 0.800. The molecule has 0 aromatic rings. The maximum absolute atomic E-state index is 8.92. The Morgan fingerprint density at radius 3 is 1.00 bits per heavy atom. The molecule has 0 unspecified atom stereocenters. The van der Waals surface area contributed by atoms with E-state index in [9.17, 15) is 0 Å². The highest BCUT2D eigenvalue weighted by atomic mass is 16.4. The molecule has 4 nitrogen and oxygen atoms in total. The Bertz CT molecular complexity index is 226. The summed E-state index contributed by atoms with van der Waals surface area (Å²) in [5, 5.41) is 24.3. The van der Waals surface area contributed by atoms with Crippen molar-refractivity contribution in [2.45, 2.75) is 41.5 Å². The van der Waals surface area contributed by atoms with Gasteiger partial charge in [-0.3, -0.25) is 0 Å². The maximum atomic E-state index is 8.92. The zero-order valence-electron chi connectivity index (χ0n) is 9.79. The largest absolute Gasteiger partial charge is 0.411 e. The van der Waals surface area contributed by atoms with E-state index >= 15 is 0 Å². The van der Waals surface area contributed by atoms with Gasteiger partial charge in [0.15, 0.2) is 0 Å². The highest BCUT2D eigenvalue weighted by Gasteiger charge is 2.32. The first-order valence-corrected chi connectivity index (χ1v) is 4.60. The lowest BCUT2D eigenvalue weighted by molar-refractivity contribution is 0.302. The van der Waals surface area contributed by atoms with Crippen molar-refractivity contribution in [2.24, 2.45) is 21.1 Å². The van der Waals surface area contributed by atoms with Gasteiger partial charge in [-0.1, -0.05) is 51.9 Å². The van der Waals surface area contributed by atoms with Crippen molar-refractivity contribution in [3.05, 3.63) is 0 Å².